The molecule has 0 radical (unpaired) electrons. The molecule has 0 heterocycles. The number of nitrogens with one attached hydrogen (secondary N) is 2. The maximum atomic E-state index is 13.8. The lowest BCUT2D eigenvalue weighted by Gasteiger charge is -2.17. The first-order chi connectivity index (χ1) is 19.4. The molecule has 2 N–H and O–H groups in total. The van der Waals surface area contributed by atoms with Crippen LogP contribution in [0.3, 0.4) is 0 Å². The van der Waals surface area contributed by atoms with E-state index in [0.717, 1.165) is 18.2 Å². The Kier molecular flexibility index (Phi) is 8.81. The third-order valence-corrected chi connectivity index (χ3v) is 7.64. The quantitative estimate of drug-likeness (QED) is 0.208. The molecule has 0 unspecified atom stereocenters. The highest BCUT2D eigenvalue weighted by molar-refractivity contribution is 7.87. The minimum atomic E-state index is -4.12. The van der Waals surface area contributed by atoms with E-state index in [4.69, 9.17) is 32.1 Å². The first-order valence-electron chi connectivity index (χ1n) is 11.7. The third-order valence-electron chi connectivity index (χ3n) is 5.67. The summed E-state index contributed by atoms with van der Waals surface area (Å²) in [7, 11) is -4.12. The summed E-state index contributed by atoms with van der Waals surface area (Å²) in [5, 5.41) is 4.85. The SMILES string of the molecule is Cc1cc(NC(=O)NC(=O)c2c(F)cccc2F)c(C)c(Cl)c1Oc1ccc(S(=O)(=O)Oc2ccc(Cl)cc2)cc1. The molecule has 212 valence electrons. The zero-order valence-electron chi connectivity index (χ0n) is 21.3. The second-order valence-corrected chi connectivity index (χ2v) is 10.9. The number of ether oxygens (including phenoxy) is 1. The number of hydrogen-bond acceptors (Lipinski definition) is 6. The number of carbonyl (C=O) groups excluding carboxylic acids is 2. The van der Waals surface area contributed by atoms with E-state index < -0.39 is 39.3 Å². The van der Waals surface area contributed by atoms with Gasteiger partial charge in [0, 0.05) is 10.7 Å². The maximum Gasteiger partial charge on any atom is 0.339 e. The van der Waals surface area contributed by atoms with Crippen LogP contribution in [0.15, 0.2) is 77.7 Å². The predicted octanol–water partition coefficient (Wildman–Crippen LogP) is 7.41. The van der Waals surface area contributed by atoms with Crippen LogP contribution in [0, 0.1) is 25.5 Å². The molecule has 4 rings (SSSR count). The van der Waals surface area contributed by atoms with E-state index >= 15 is 0 Å². The number of amides is 3. The first-order valence-corrected chi connectivity index (χ1v) is 13.9. The van der Waals surface area contributed by atoms with Gasteiger partial charge in [0.05, 0.1) is 5.02 Å². The van der Waals surface area contributed by atoms with Crippen molar-refractivity contribution in [2.75, 3.05) is 5.32 Å². The number of carbonyl (C=O) groups is 2. The van der Waals surface area contributed by atoms with Gasteiger partial charge in [0.25, 0.3) is 5.91 Å². The topological polar surface area (TPSA) is 111 Å². The average molecular weight is 621 g/mol. The fourth-order valence-corrected chi connectivity index (χ4v) is 4.94. The van der Waals surface area contributed by atoms with E-state index in [1.165, 1.54) is 54.6 Å². The van der Waals surface area contributed by atoms with Crippen LogP contribution in [-0.4, -0.2) is 20.4 Å². The van der Waals surface area contributed by atoms with Crippen molar-refractivity contribution in [1.82, 2.24) is 5.32 Å². The summed E-state index contributed by atoms with van der Waals surface area (Å²) < 4.78 is 63.9. The van der Waals surface area contributed by atoms with Crippen LogP contribution >= 0.6 is 23.2 Å². The summed E-state index contributed by atoms with van der Waals surface area (Å²) in [5.74, 6) is -2.91. The second-order valence-electron chi connectivity index (χ2n) is 8.58. The molecule has 0 spiro atoms. The number of aryl methyl sites for hydroxylation is 1. The van der Waals surface area contributed by atoms with Crippen molar-refractivity contribution in [3.05, 3.63) is 111 Å². The third kappa shape index (κ3) is 6.94. The molecule has 0 atom stereocenters. The van der Waals surface area contributed by atoms with Crippen LogP contribution in [0.5, 0.6) is 17.2 Å². The van der Waals surface area contributed by atoms with Gasteiger partial charge in [-0.25, -0.2) is 13.6 Å². The number of rotatable bonds is 7. The van der Waals surface area contributed by atoms with Crippen molar-refractivity contribution >= 4 is 50.9 Å². The molecule has 0 saturated carbocycles. The van der Waals surface area contributed by atoms with E-state index in [0.29, 0.717) is 16.1 Å². The van der Waals surface area contributed by atoms with Crippen LogP contribution < -0.4 is 19.6 Å². The van der Waals surface area contributed by atoms with Crippen LogP contribution in [0.2, 0.25) is 10.0 Å². The van der Waals surface area contributed by atoms with E-state index in [1.54, 1.807) is 13.8 Å². The second kappa shape index (κ2) is 12.1. The number of anilines is 1. The van der Waals surface area contributed by atoms with Gasteiger partial charge in [-0.1, -0.05) is 29.3 Å². The molecule has 0 bridgehead atoms. The van der Waals surface area contributed by atoms with Crippen LogP contribution in [0.4, 0.5) is 19.3 Å². The molecular formula is C28H20Cl2F2N2O6S. The number of halogens is 4. The van der Waals surface area contributed by atoms with E-state index in [2.05, 4.69) is 5.32 Å². The first kappa shape index (κ1) is 29.8. The lowest BCUT2D eigenvalue weighted by molar-refractivity contribution is 0.0959. The maximum absolute atomic E-state index is 13.8. The summed E-state index contributed by atoms with van der Waals surface area (Å²) in [5.41, 5.74) is 0.153. The molecular weight excluding hydrogens is 601 g/mol. The molecule has 0 aromatic heterocycles. The summed E-state index contributed by atoms with van der Waals surface area (Å²) in [6, 6.07) is 14.6. The van der Waals surface area contributed by atoms with Gasteiger partial charge in [-0.15, -0.1) is 0 Å². The monoisotopic (exact) mass is 620 g/mol. The van der Waals surface area contributed by atoms with Crippen molar-refractivity contribution in [1.29, 1.82) is 0 Å². The fraction of sp³-hybridized carbons (Fsp3) is 0.0714. The minimum Gasteiger partial charge on any atom is -0.456 e. The lowest BCUT2D eigenvalue weighted by atomic mass is 10.1. The van der Waals surface area contributed by atoms with E-state index in [-0.39, 0.29) is 32.9 Å². The summed E-state index contributed by atoms with van der Waals surface area (Å²) in [4.78, 5) is 24.5. The normalized spacial score (nSPS) is 11.1. The number of imide groups is 1. The molecule has 41 heavy (non-hydrogen) atoms. The lowest BCUT2D eigenvalue weighted by Crippen LogP contribution is -2.35. The van der Waals surface area contributed by atoms with Gasteiger partial charge in [0.2, 0.25) is 0 Å². The Morgan fingerprint density at radius 2 is 1.44 bits per heavy atom. The molecule has 8 nitrogen and oxygen atoms in total. The average Bonchev–Trinajstić information content (AvgIpc) is 2.91. The van der Waals surface area contributed by atoms with Crippen LogP contribution in [0.1, 0.15) is 21.5 Å². The highest BCUT2D eigenvalue weighted by Gasteiger charge is 2.21. The highest BCUT2D eigenvalue weighted by Crippen LogP contribution is 2.39. The van der Waals surface area contributed by atoms with Gasteiger partial charge in [-0.2, -0.15) is 8.42 Å². The molecule has 0 aliphatic heterocycles. The molecule has 0 aliphatic rings. The number of benzene rings is 4. The van der Waals surface area contributed by atoms with Gasteiger partial charge >= 0.3 is 16.1 Å². The zero-order valence-corrected chi connectivity index (χ0v) is 23.6. The molecule has 3 amide bonds. The van der Waals surface area contributed by atoms with Crippen molar-refractivity contribution < 1.29 is 35.7 Å². The van der Waals surface area contributed by atoms with Gasteiger partial charge in [0.15, 0.2) is 0 Å². The zero-order chi connectivity index (χ0) is 29.9. The van der Waals surface area contributed by atoms with E-state index in [9.17, 15) is 26.8 Å². The smallest absolute Gasteiger partial charge is 0.339 e. The fourth-order valence-electron chi connectivity index (χ4n) is 3.60. The number of hydrogen-bond donors (Lipinski definition) is 2. The van der Waals surface area contributed by atoms with Gasteiger partial charge in [0.1, 0.15) is 39.3 Å². The molecule has 4 aromatic carbocycles. The summed E-state index contributed by atoms with van der Waals surface area (Å²) >= 11 is 12.3. The molecule has 0 fully saturated rings. The van der Waals surface area contributed by atoms with Gasteiger partial charge in [-0.3, -0.25) is 10.1 Å². The van der Waals surface area contributed by atoms with Gasteiger partial charge < -0.3 is 14.2 Å². The van der Waals surface area contributed by atoms with Crippen molar-refractivity contribution in [2.24, 2.45) is 0 Å². The molecule has 4 aromatic rings. The van der Waals surface area contributed by atoms with Crippen molar-refractivity contribution in [2.45, 2.75) is 18.7 Å². The van der Waals surface area contributed by atoms with Crippen LogP contribution in [-0.2, 0) is 10.1 Å². The predicted molar refractivity (Wildman–Crippen MR) is 150 cm³/mol. The Balaban J connectivity index is 1.46. The summed E-state index contributed by atoms with van der Waals surface area (Å²) in [6.45, 7) is 3.22. The minimum absolute atomic E-state index is 0.0961. The molecule has 0 saturated heterocycles. The van der Waals surface area contributed by atoms with Crippen molar-refractivity contribution in [3.8, 4) is 17.2 Å². The van der Waals surface area contributed by atoms with Crippen molar-refractivity contribution in [3.63, 3.8) is 0 Å². The Morgan fingerprint density at radius 3 is 2.05 bits per heavy atom. The Labute approximate surface area is 243 Å². The summed E-state index contributed by atoms with van der Waals surface area (Å²) in [6.07, 6.45) is 0. The molecule has 0 aliphatic carbocycles. The standard InChI is InChI=1S/C28H20Cl2F2N2O6S/c1-15-14-23(33-28(36)34-27(35)24-21(31)4-3-5-22(24)32)16(2)25(30)26(15)39-18-10-12-20(13-11-18)41(37,38)40-19-8-6-17(29)7-9-19/h3-14H,1-2H3,(H2,33,34,35,36). The Morgan fingerprint density at radius 1 is 0.854 bits per heavy atom. The number of urea groups is 1. The largest absolute Gasteiger partial charge is 0.456 e. The van der Waals surface area contributed by atoms with Crippen LogP contribution in [0.25, 0.3) is 0 Å². The molecule has 13 heteroatoms. The van der Waals surface area contributed by atoms with Gasteiger partial charge in [-0.05, 0) is 91.7 Å². The highest BCUT2D eigenvalue weighted by atomic mass is 35.5. The Hall–Kier alpha value is -4.19. The Bertz CT molecular complexity index is 1730. The van der Waals surface area contributed by atoms with E-state index in [1.807, 2.05) is 5.32 Å².